The van der Waals surface area contributed by atoms with Gasteiger partial charge in [0.05, 0.1) is 38.1 Å². The molecule has 10 nitrogen and oxygen atoms in total. The van der Waals surface area contributed by atoms with Gasteiger partial charge in [0.25, 0.3) is 0 Å². The Labute approximate surface area is 199 Å². The number of benzene rings is 1. The Morgan fingerprint density at radius 3 is 2.68 bits per heavy atom. The van der Waals surface area contributed by atoms with Gasteiger partial charge in [-0.1, -0.05) is 0 Å². The van der Waals surface area contributed by atoms with E-state index >= 15 is 0 Å². The fourth-order valence-electron chi connectivity index (χ4n) is 4.23. The molecule has 1 aromatic carbocycles. The summed E-state index contributed by atoms with van der Waals surface area (Å²) in [4.78, 5) is 38.0. The van der Waals surface area contributed by atoms with Crippen molar-refractivity contribution in [2.45, 2.75) is 39.8 Å². The summed E-state index contributed by atoms with van der Waals surface area (Å²) in [5, 5.41) is 5.51. The molecule has 34 heavy (non-hydrogen) atoms. The third-order valence-corrected chi connectivity index (χ3v) is 5.95. The summed E-state index contributed by atoms with van der Waals surface area (Å²) in [6, 6.07) is 7.38. The second-order valence-electron chi connectivity index (χ2n) is 8.35. The first-order chi connectivity index (χ1) is 16.5. The maximum absolute atomic E-state index is 12.4. The lowest BCUT2D eigenvalue weighted by Gasteiger charge is -2.37. The molecule has 2 aromatic rings. The van der Waals surface area contributed by atoms with Crippen LogP contribution >= 0.6 is 0 Å². The minimum atomic E-state index is -0.324. The molecule has 3 amide bonds. The molecular formula is C24H32N6O4. The monoisotopic (exact) mass is 468 g/mol. The summed E-state index contributed by atoms with van der Waals surface area (Å²) in [5.41, 5.74) is 3.43. The Morgan fingerprint density at radius 1 is 1.18 bits per heavy atom. The van der Waals surface area contributed by atoms with Gasteiger partial charge in [-0.15, -0.1) is 0 Å². The molecule has 0 spiro atoms. The van der Waals surface area contributed by atoms with Crippen molar-refractivity contribution >= 4 is 23.6 Å². The van der Waals surface area contributed by atoms with E-state index in [9.17, 15) is 9.59 Å². The van der Waals surface area contributed by atoms with Crippen molar-refractivity contribution in [2.24, 2.45) is 0 Å². The first-order valence-electron chi connectivity index (χ1n) is 11.8. The quantitative estimate of drug-likeness (QED) is 0.694. The first-order valence-corrected chi connectivity index (χ1v) is 11.8. The lowest BCUT2D eigenvalue weighted by atomic mass is 10.0. The predicted molar refractivity (Wildman–Crippen MR) is 129 cm³/mol. The Morgan fingerprint density at radius 2 is 1.97 bits per heavy atom. The summed E-state index contributed by atoms with van der Waals surface area (Å²) in [6.07, 6.45) is 0.346. The van der Waals surface area contributed by atoms with Gasteiger partial charge in [0.1, 0.15) is 5.82 Å². The van der Waals surface area contributed by atoms with E-state index in [2.05, 4.69) is 22.5 Å². The van der Waals surface area contributed by atoms with Gasteiger partial charge in [0, 0.05) is 36.4 Å². The van der Waals surface area contributed by atoms with E-state index in [1.165, 1.54) is 0 Å². The van der Waals surface area contributed by atoms with Gasteiger partial charge in [-0.3, -0.25) is 0 Å². The number of rotatable bonds is 5. The predicted octanol–water partition coefficient (Wildman–Crippen LogP) is 3.02. The van der Waals surface area contributed by atoms with Crippen LogP contribution in [-0.4, -0.2) is 72.5 Å². The highest BCUT2D eigenvalue weighted by atomic mass is 16.6. The smallest absolute Gasteiger partial charge is 0.410 e. The molecule has 2 aliphatic heterocycles. The van der Waals surface area contributed by atoms with E-state index in [0.717, 1.165) is 29.2 Å². The SMILES string of the molecule is CCNC(=O)Nc1ccc(-c2nc3c(c(N4CCOCC4C)n2)CCN(C(=O)OCC)C3)cc1. The van der Waals surface area contributed by atoms with Crippen LogP contribution in [0.4, 0.5) is 21.1 Å². The normalized spacial score (nSPS) is 17.7. The molecule has 0 aliphatic carbocycles. The van der Waals surface area contributed by atoms with Crippen LogP contribution in [0, 0.1) is 0 Å². The summed E-state index contributed by atoms with van der Waals surface area (Å²) >= 11 is 0. The number of nitrogens with one attached hydrogen (secondary N) is 2. The van der Waals surface area contributed by atoms with Gasteiger partial charge in [0.15, 0.2) is 5.82 Å². The number of carbonyl (C=O) groups is 2. The average molecular weight is 469 g/mol. The van der Waals surface area contributed by atoms with Gasteiger partial charge in [-0.2, -0.15) is 0 Å². The Balaban J connectivity index is 1.67. The molecular weight excluding hydrogens is 436 g/mol. The van der Waals surface area contributed by atoms with Crippen LogP contribution in [0.3, 0.4) is 0 Å². The van der Waals surface area contributed by atoms with Gasteiger partial charge < -0.3 is 29.9 Å². The van der Waals surface area contributed by atoms with Crippen LogP contribution < -0.4 is 15.5 Å². The van der Waals surface area contributed by atoms with Crippen molar-refractivity contribution < 1.29 is 19.1 Å². The minimum Gasteiger partial charge on any atom is -0.450 e. The maximum atomic E-state index is 12.4. The average Bonchev–Trinajstić information content (AvgIpc) is 2.84. The molecule has 3 heterocycles. The molecule has 182 valence electrons. The van der Waals surface area contributed by atoms with Crippen LogP contribution in [0.15, 0.2) is 24.3 Å². The number of aromatic nitrogens is 2. The van der Waals surface area contributed by atoms with Gasteiger partial charge in [-0.25, -0.2) is 19.6 Å². The summed E-state index contributed by atoms with van der Waals surface area (Å²) < 4.78 is 10.8. The second-order valence-corrected chi connectivity index (χ2v) is 8.35. The third-order valence-electron chi connectivity index (χ3n) is 5.95. The zero-order valence-corrected chi connectivity index (χ0v) is 20.0. The summed E-state index contributed by atoms with van der Waals surface area (Å²) in [5.74, 6) is 1.49. The van der Waals surface area contributed by atoms with Crippen molar-refractivity contribution in [3.8, 4) is 11.4 Å². The molecule has 1 fully saturated rings. The number of hydrogen-bond donors (Lipinski definition) is 2. The van der Waals surface area contributed by atoms with Gasteiger partial charge in [-0.05, 0) is 51.5 Å². The van der Waals surface area contributed by atoms with Crippen LogP contribution in [0.25, 0.3) is 11.4 Å². The largest absolute Gasteiger partial charge is 0.450 e. The van der Waals surface area contributed by atoms with E-state index < -0.39 is 0 Å². The van der Waals surface area contributed by atoms with E-state index in [1.54, 1.807) is 11.8 Å². The standard InChI is InChI=1S/C24H32N6O4/c1-4-25-23(31)26-18-8-6-17(7-9-18)21-27-20-14-29(24(32)34-5-2)11-10-19(20)22(28-21)30-12-13-33-15-16(30)3/h6-9,16H,4-5,10-15H2,1-3H3,(H2,25,26,31). The number of carbonyl (C=O) groups excluding carboxylic acids is 2. The number of ether oxygens (including phenoxy) is 2. The number of amides is 3. The van der Waals surface area contributed by atoms with E-state index in [0.29, 0.717) is 57.4 Å². The molecule has 0 radical (unpaired) electrons. The zero-order chi connectivity index (χ0) is 24.1. The van der Waals surface area contributed by atoms with Crippen molar-refractivity contribution in [1.29, 1.82) is 0 Å². The maximum Gasteiger partial charge on any atom is 0.410 e. The number of nitrogens with zero attached hydrogens (tertiary/aromatic N) is 4. The number of hydrogen-bond acceptors (Lipinski definition) is 7. The van der Waals surface area contributed by atoms with Crippen LogP contribution in [0.5, 0.6) is 0 Å². The number of morpholine rings is 1. The van der Waals surface area contributed by atoms with Crippen molar-refractivity contribution in [2.75, 3.05) is 49.7 Å². The second kappa shape index (κ2) is 10.7. The molecule has 0 saturated carbocycles. The topological polar surface area (TPSA) is 109 Å². The number of anilines is 2. The minimum absolute atomic E-state index is 0.187. The van der Waals surface area contributed by atoms with Crippen LogP contribution in [-0.2, 0) is 22.4 Å². The van der Waals surface area contributed by atoms with Gasteiger partial charge >= 0.3 is 12.1 Å². The molecule has 1 aromatic heterocycles. The Hall–Kier alpha value is -3.40. The molecule has 1 saturated heterocycles. The third kappa shape index (κ3) is 5.22. The zero-order valence-electron chi connectivity index (χ0n) is 20.0. The lowest BCUT2D eigenvalue weighted by molar-refractivity contribution is 0.0975. The number of fused-ring (bicyclic) bond motifs is 1. The van der Waals surface area contributed by atoms with Crippen molar-refractivity contribution in [1.82, 2.24) is 20.2 Å². The molecule has 2 aliphatic rings. The van der Waals surface area contributed by atoms with E-state index in [-0.39, 0.29) is 18.2 Å². The molecule has 10 heteroatoms. The van der Waals surface area contributed by atoms with Crippen molar-refractivity contribution in [3.63, 3.8) is 0 Å². The number of urea groups is 1. The summed E-state index contributed by atoms with van der Waals surface area (Å²) in [6.45, 7) is 9.68. The molecule has 1 unspecified atom stereocenters. The fraction of sp³-hybridized carbons (Fsp3) is 0.500. The van der Waals surface area contributed by atoms with Crippen LogP contribution in [0.1, 0.15) is 32.0 Å². The molecule has 0 bridgehead atoms. The Kier molecular flexibility index (Phi) is 7.46. The van der Waals surface area contributed by atoms with Gasteiger partial charge in [0.2, 0.25) is 0 Å². The van der Waals surface area contributed by atoms with Crippen molar-refractivity contribution in [3.05, 3.63) is 35.5 Å². The van der Waals surface area contributed by atoms with Crippen LogP contribution in [0.2, 0.25) is 0 Å². The fourth-order valence-corrected chi connectivity index (χ4v) is 4.23. The molecule has 4 rings (SSSR count). The molecule has 1 atom stereocenters. The highest BCUT2D eigenvalue weighted by molar-refractivity contribution is 5.89. The lowest BCUT2D eigenvalue weighted by Crippen LogP contribution is -2.46. The highest BCUT2D eigenvalue weighted by Gasteiger charge is 2.30. The van der Waals surface area contributed by atoms with E-state index in [4.69, 9.17) is 19.4 Å². The Bertz CT molecular complexity index is 1030. The summed E-state index contributed by atoms with van der Waals surface area (Å²) in [7, 11) is 0. The first kappa shape index (κ1) is 23.7. The molecule has 2 N–H and O–H groups in total. The van der Waals surface area contributed by atoms with E-state index in [1.807, 2.05) is 31.2 Å². The highest BCUT2D eigenvalue weighted by Crippen LogP contribution is 2.32.